The van der Waals surface area contributed by atoms with Crippen LogP contribution >= 0.6 is 0 Å². The molecule has 16 heavy (non-hydrogen) atoms. The molecule has 0 aliphatic carbocycles. The van der Waals surface area contributed by atoms with Crippen molar-refractivity contribution in [1.82, 2.24) is 5.32 Å². The lowest BCUT2D eigenvalue weighted by Crippen LogP contribution is -2.41. The molecule has 0 aromatic carbocycles. The highest BCUT2D eigenvalue weighted by atomic mass is 16.5. The van der Waals surface area contributed by atoms with Crippen molar-refractivity contribution in [1.29, 1.82) is 0 Å². The molecule has 0 saturated carbocycles. The summed E-state index contributed by atoms with van der Waals surface area (Å²) in [5.41, 5.74) is 0. The van der Waals surface area contributed by atoms with E-state index in [1.807, 2.05) is 0 Å². The lowest BCUT2D eigenvalue weighted by molar-refractivity contribution is 0.0838. The van der Waals surface area contributed by atoms with E-state index in [-0.39, 0.29) is 0 Å². The van der Waals surface area contributed by atoms with Crippen molar-refractivity contribution in [3.63, 3.8) is 0 Å². The fourth-order valence-corrected chi connectivity index (χ4v) is 3.35. The molecule has 2 aliphatic rings. The molecule has 2 saturated heterocycles. The first kappa shape index (κ1) is 12.4. The molecule has 0 aromatic heterocycles. The Kier molecular flexibility index (Phi) is 4.26. The molecule has 0 aromatic rings. The van der Waals surface area contributed by atoms with Crippen LogP contribution in [0.1, 0.15) is 52.9 Å². The maximum atomic E-state index is 5.99. The average Bonchev–Trinajstić information content (AvgIpc) is 2.85. The van der Waals surface area contributed by atoms with Gasteiger partial charge in [-0.15, -0.1) is 0 Å². The van der Waals surface area contributed by atoms with Gasteiger partial charge in [-0.2, -0.15) is 0 Å². The molecule has 0 radical (unpaired) electrons. The van der Waals surface area contributed by atoms with Gasteiger partial charge in [-0.25, -0.2) is 0 Å². The summed E-state index contributed by atoms with van der Waals surface area (Å²) in [6, 6.07) is 0.690. The summed E-state index contributed by atoms with van der Waals surface area (Å²) >= 11 is 0. The number of ether oxygens (including phenoxy) is 1. The Labute approximate surface area is 100 Å². The van der Waals surface area contributed by atoms with Crippen LogP contribution in [0.4, 0.5) is 0 Å². The van der Waals surface area contributed by atoms with Gasteiger partial charge in [-0.05, 0) is 44.6 Å². The highest BCUT2D eigenvalue weighted by Crippen LogP contribution is 2.41. The number of hydrogen-bond acceptors (Lipinski definition) is 2. The van der Waals surface area contributed by atoms with E-state index in [2.05, 4.69) is 26.1 Å². The van der Waals surface area contributed by atoms with Crippen molar-refractivity contribution in [2.45, 2.75) is 71.1 Å². The summed E-state index contributed by atoms with van der Waals surface area (Å²) in [6.45, 7) is 8.06. The van der Waals surface area contributed by atoms with Crippen molar-refractivity contribution in [3.05, 3.63) is 0 Å². The summed E-state index contributed by atoms with van der Waals surface area (Å²) in [5.74, 6) is 1.57. The standard InChI is InChI=1S/C14H27NO/c1-4-7-15-13(8-10(2)3)12-9-11-5-6-14(12)16-11/h10-15H,4-9H2,1-3H3. The van der Waals surface area contributed by atoms with Gasteiger partial charge in [0.15, 0.2) is 0 Å². The third kappa shape index (κ3) is 2.78. The Hall–Kier alpha value is -0.0800. The predicted octanol–water partition coefficient (Wildman–Crippen LogP) is 2.97. The minimum absolute atomic E-state index is 0.568. The van der Waals surface area contributed by atoms with Gasteiger partial charge in [-0.3, -0.25) is 0 Å². The Bertz CT molecular complexity index is 217. The maximum absolute atomic E-state index is 5.99. The van der Waals surface area contributed by atoms with E-state index in [0.29, 0.717) is 18.2 Å². The van der Waals surface area contributed by atoms with Gasteiger partial charge < -0.3 is 10.1 Å². The minimum atomic E-state index is 0.568. The van der Waals surface area contributed by atoms with Gasteiger partial charge in [0.05, 0.1) is 12.2 Å². The summed E-state index contributed by atoms with van der Waals surface area (Å²) in [7, 11) is 0. The monoisotopic (exact) mass is 225 g/mol. The lowest BCUT2D eigenvalue weighted by Gasteiger charge is -2.30. The zero-order valence-corrected chi connectivity index (χ0v) is 11.0. The summed E-state index contributed by atoms with van der Waals surface area (Å²) in [6.07, 6.45) is 7.61. The molecule has 2 aliphatic heterocycles. The first-order valence-corrected chi connectivity index (χ1v) is 7.09. The summed E-state index contributed by atoms with van der Waals surface area (Å²) in [4.78, 5) is 0. The fraction of sp³-hybridized carbons (Fsp3) is 1.00. The first-order valence-electron chi connectivity index (χ1n) is 7.09. The Morgan fingerprint density at radius 3 is 2.62 bits per heavy atom. The minimum Gasteiger partial charge on any atom is -0.375 e. The molecule has 2 heterocycles. The average molecular weight is 225 g/mol. The van der Waals surface area contributed by atoms with Crippen LogP contribution in [0, 0.1) is 11.8 Å². The largest absolute Gasteiger partial charge is 0.375 e. The highest BCUT2D eigenvalue weighted by molar-refractivity contribution is 4.95. The Balaban J connectivity index is 1.89. The van der Waals surface area contributed by atoms with Crippen LogP contribution in [0.25, 0.3) is 0 Å². The van der Waals surface area contributed by atoms with Crippen LogP contribution in [0.15, 0.2) is 0 Å². The van der Waals surface area contributed by atoms with Crippen LogP contribution in [0.5, 0.6) is 0 Å². The van der Waals surface area contributed by atoms with Crippen molar-refractivity contribution in [2.24, 2.45) is 11.8 Å². The Morgan fingerprint density at radius 1 is 1.31 bits per heavy atom. The molecule has 0 amide bonds. The van der Waals surface area contributed by atoms with Gasteiger partial charge in [0.1, 0.15) is 0 Å². The van der Waals surface area contributed by atoms with Crippen LogP contribution in [0.2, 0.25) is 0 Å². The van der Waals surface area contributed by atoms with Crippen molar-refractivity contribution in [2.75, 3.05) is 6.54 Å². The Morgan fingerprint density at radius 2 is 2.12 bits per heavy atom. The lowest BCUT2D eigenvalue weighted by atomic mass is 9.81. The van der Waals surface area contributed by atoms with E-state index in [9.17, 15) is 0 Å². The van der Waals surface area contributed by atoms with E-state index < -0.39 is 0 Å². The van der Waals surface area contributed by atoms with Crippen LogP contribution in [-0.4, -0.2) is 24.8 Å². The second-order valence-corrected chi connectivity index (χ2v) is 5.96. The molecule has 2 rings (SSSR count). The molecule has 0 spiro atoms. The van der Waals surface area contributed by atoms with Gasteiger partial charge in [0, 0.05) is 12.0 Å². The van der Waals surface area contributed by atoms with Crippen LogP contribution < -0.4 is 5.32 Å². The normalized spacial score (nSPS) is 34.9. The molecule has 94 valence electrons. The molecule has 4 atom stereocenters. The molecule has 2 bridgehead atoms. The van der Waals surface area contributed by atoms with Gasteiger partial charge in [0.25, 0.3) is 0 Å². The maximum Gasteiger partial charge on any atom is 0.0623 e. The SMILES string of the molecule is CCCNC(CC(C)C)C1CC2CCC1O2. The summed E-state index contributed by atoms with van der Waals surface area (Å²) in [5, 5.41) is 3.75. The van der Waals surface area contributed by atoms with Gasteiger partial charge in [-0.1, -0.05) is 20.8 Å². The highest BCUT2D eigenvalue weighted by Gasteiger charge is 2.44. The molecule has 2 heteroatoms. The third-order valence-electron chi connectivity index (χ3n) is 4.05. The zero-order valence-electron chi connectivity index (χ0n) is 11.0. The topological polar surface area (TPSA) is 21.3 Å². The van der Waals surface area contributed by atoms with Crippen LogP contribution in [-0.2, 0) is 4.74 Å². The van der Waals surface area contributed by atoms with E-state index in [4.69, 9.17) is 4.74 Å². The molecule has 2 fully saturated rings. The van der Waals surface area contributed by atoms with Crippen molar-refractivity contribution < 1.29 is 4.74 Å². The van der Waals surface area contributed by atoms with Crippen molar-refractivity contribution in [3.8, 4) is 0 Å². The van der Waals surface area contributed by atoms with E-state index in [1.165, 1.54) is 32.1 Å². The number of rotatable bonds is 6. The molecule has 4 unspecified atom stereocenters. The van der Waals surface area contributed by atoms with E-state index >= 15 is 0 Å². The van der Waals surface area contributed by atoms with Crippen molar-refractivity contribution >= 4 is 0 Å². The second kappa shape index (κ2) is 5.50. The predicted molar refractivity (Wildman–Crippen MR) is 67.5 cm³/mol. The third-order valence-corrected chi connectivity index (χ3v) is 4.05. The van der Waals surface area contributed by atoms with E-state index in [0.717, 1.165) is 18.4 Å². The van der Waals surface area contributed by atoms with E-state index in [1.54, 1.807) is 0 Å². The zero-order chi connectivity index (χ0) is 11.5. The van der Waals surface area contributed by atoms with Crippen LogP contribution in [0.3, 0.4) is 0 Å². The molecular weight excluding hydrogens is 198 g/mol. The summed E-state index contributed by atoms with van der Waals surface area (Å²) < 4.78 is 5.99. The number of hydrogen-bond donors (Lipinski definition) is 1. The number of fused-ring (bicyclic) bond motifs is 2. The second-order valence-electron chi connectivity index (χ2n) is 5.96. The number of nitrogens with one attached hydrogen (secondary N) is 1. The fourth-order valence-electron chi connectivity index (χ4n) is 3.35. The molecular formula is C14H27NO. The van der Waals surface area contributed by atoms with Gasteiger partial charge >= 0.3 is 0 Å². The molecule has 1 N–H and O–H groups in total. The smallest absolute Gasteiger partial charge is 0.0623 e. The first-order chi connectivity index (χ1) is 7.70. The quantitative estimate of drug-likeness (QED) is 0.750. The molecule has 2 nitrogen and oxygen atoms in total. The van der Waals surface area contributed by atoms with Gasteiger partial charge in [0.2, 0.25) is 0 Å².